The van der Waals surface area contributed by atoms with Gasteiger partial charge in [0, 0.05) is 23.1 Å². The van der Waals surface area contributed by atoms with Gasteiger partial charge in [-0.15, -0.1) is 0 Å². The highest BCUT2D eigenvalue weighted by atomic mass is 16.2. The molecular weight excluding hydrogens is 338 g/mol. The largest absolute Gasteiger partial charge is 0.322 e. The molecule has 1 aromatic heterocycles. The van der Waals surface area contributed by atoms with Crippen molar-refractivity contribution in [2.75, 3.05) is 10.6 Å². The Bertz CT molecular complexity index is 1010. The van der Waals surface area contributed by atoms with Crippen LogP contribution in [0.4, 0.5) is 11.4 Å². The lowest BCUT2D eigenvalue weighted by Gasteiger charge is -2.11. The monoisotopic (exact) mass is 359 g/mol. The minimum Gasteiger partial charge on any atom is -0.322 e. The smallest absolute Gasteiger partial charge is 0.274 e. The van der Waals surface area contributed by atoms with Gasteiger partial charge >= 0.3 is 0 Å². The van der Waals surface area contributed by atoms with Crippen molar-refractivity contribution in [3.05, 3.63) is 88.7 Å². The van der Waals surface area contributed by atoms with Crippen LogP contribution in [0.15, 0.2) is 60.8 Å². The molecule has 0 radical (unpaired) electrons. The van der Waals surface area contributed by atoms with Crippen LogP contribution in [0.3, 0.4) is 0 Å². The molecular formula is C22H21N3O2. The maximum atomic E-state index is 12.6. The van der Waals surface area contributed by atoms with Crippen molar-refractivity contribution in [1.29, 1.82) is 0 Å². The number of benzene rings is 2. The van der Waals surface area contributed by atoms with Gasteiger partial charge in [0.25, 0.3) is 11.8 Å². The Morgan fingerprint density at radius 2 is 1.44 bits per heavy atom. The van der Waals surface area contributed by atoms with Gasteiger partial charge in [-0.2, -0.15) is 0 Å². The van der Waals surface area contributed by atoms with Crippen LogP contribution in [0.25, 0.3) is 0 Å². The molecule has 0 aliphatic carbocycles. The summed E-state index contributed by atoms with van der Waals surface area (Å²) in [6.45, 7) is 5.86. The lowest BCUT2D eigenvalue weighted by molar-refractivity contribution is 0.102. The van der Waals surface area contributed by atoms with Crippen molar-refractivity contribution in [3.63, 3.8) is 0 Å². The number of amides is 2. The van der Waals surface area contributed by atoms with Crippen LogP contribution in [-0.4, -0.2) is 16.8 Å². The molecule has 3 rings (SSSR count). The zero-order valence-electron chi connectivity index (χ0n) is 15.5. The maximum Gasteiger partial charge on any atom is 0.274 e. The van der Waals surface area contributed by atoms with Gasteiger partial charge in [-0.25, -0.2) is 0 Å². The van der Waals surface area contributed by atoms with E-state index in [0.29, 0.717) is 5.56 Å². The second kappa shape index (κ2) is 7.83. The summed E-state index contributed by atoms with van der Waals surface area (Å²) in [5.41, 5.74) is 5.10. The molecule has 0 bridgehead atoms. The van der Waals surface area contributed by atoms with E-state index in [0.717, 1.165) is 28.1 Å². The third kappa shape index (κ3) is 4.20. The molecule has 27 heavy (non-hydrogen) atoms. The maximum absolute atomic E-state index is 12.6. The van der Waals surface area contributed by atoms with Crippen molar-refractivity contribution in [3.8, 4) is 0 Å². The second-order valence-electron chi connectivity index (χ2n) is 6.40. The van der Waals surface area contributed by atoms with Crippen molar-refractivity contribution in [2.24, 2.45) is 0 Å². The zero-order chi connectivity index (χ0) is 19.4. The summed E-state index contributed by atoms with van der Waals surface area (Å²) < 4.78 is 0. The van der Waals surface area contributed by atoms with E-state index >= 15 is 0 Å². The summed E-state index contributed by atoms with van der Waals surface area (Å²) in [6, 6.07) is 16.3. The number of para-hydroxylation sites is 1. The Balaban J connectivity index is 1.78. The first kappa shape index (κ1) is 18.3. The Labute approximate surface area is 158 Å². The first-order chi connectivity index (χ1) is 13.0. The average molecular weight is 359 g/mol. The molecule has 2 amide bonds. The fourth-order valence-electron chi connectivity index (χ4n) is 2.68. The van der Waals surface area contributed by atoms with Crippen LogP contribution in [0.1, 0.15) is 37.5 Å². The van der Waals surface area contributed by atoms with E-state index in [2.05, 4.69) is 15.6 Å². The number of rotatable bonds is 4. The van der Waals surface area contributed by atoms with E-state index in [-0.39, 0.29) is 17.5 Å². The summed E-state index contributed by atoms with van der Waals surface area (Å²) in [6.07, 6.45) is 1.46. The van der Waals surface area contributed by atoms with Crippen LogP contribution >= 0.6 is 0 Å². The molecule has 2 N–H and O–H groups in total. The molecule has 0 fully saturated rings. The Morgan fingerprint density at radius 3 is 2.22 bits per heavy atom. The van der Waals surface area contributed by atoms with E-state index in [9.17, 15) is 9.59 Å². The highest BCUT2D eigenvalue weighted by Gasteiger charge is 2.14. The zero-order valence-corrected chi connectivity index (χ0v) is 15.5. The Hall–Kier alpha value is -3.47. The summed E-state index contributed by atoms with van der Waals surface area (Å²) >= 11 is 0. The van der Waals surface area contributed by atoms with Gasteiger partial charge in [-0.3, -0.25) is 14.6 Å². The molecule has 0 atom stereocenters. The van der Waals surface area contributed by atoms with Crippen LogP contribution in [-0.2, 0) is 0 Å². The van der Waals surface area contributed by atoms with E-state index in [1.165, 1.54) is 12.3 Å². The van der Waals surface area contributed by atoms with E-state index in [1.807, 2.05) is 63.2 Å². The molecule has 0 saturated heterocycles. The number of pyridine rings is 1. The summed E-state index contributed by atoms with van der Waals surface area (Å²) in [4.78, 5) is 29.2. The van der Waals surface area contributed by atoms with E-state index < -0.39 is 0 Å². The molecule has 136 valence electrons. The van der Waals surface area contributed by atoms with E-state index in [1.54, 1.807) is 6.07 Å². The van der Waals surface area contributed by atoms with Crippen molar-refractivity contribution < 1.29 is 9.59 Å². The lowest BCUT2D eigenvalue weighted by Crippen LogP contribution is -2.17. The molecule has 5 nitrogen and oxygen atoms in total. The van der Waals surface area contributed by atoms with Crippen molar-refractivity contribution in [2.45, 2.75) is 20.8 Å². The topological polar surface area (TPSA) is 71.1 Å². The van der Waals surface area contributed by atoms with Crippen LogP contribution in [0, 0.1) is 20.8 Å². The summed E-state index contributed by atoms with van der Waals surface area (Å²) in [5, 5.41) is 5.72. The first-order valence-electron chi connectivity index (χ1n) is 8.66. The number of hydrogen-bond donors (Lipinski definition) is 2. The van der Waals surface area contributed by atoms with Gasteiger partial charge in [-0.1, -0.05) is 30.3 Å². The number of aryl methyl sites for hydroxylation is 2. The number of anilines is 2. The number of carbonyl (C=O) groups is 2. The van der Waals surface area contributed by atoms with Crippen LogP contribution in [0.5, 0.6) is 0 Å². The fourth-order valence-corrected chi connectivity index (χ4v) is 2.68. The minimum absolute atomic E-state index is 0.187. The number of carbonyl (C=O) groups excluding carboxylic acids is 2. The number of aromatic nitrogens is 1. The molecule has 0 spiro atoms. The third-order valence-corrected chi connectivity index (χ3v) is 4.50. The highest BCUT2D eigenvalue weighted by Crippen LogP contribution is 2.19. The predicted octanol–water partition coefficient (Wildman–Crippen LogP) is 4.51. The highest BCUT2D eigenvalue weighted by molar-refractivity contribution is 6.08. The number of nitrogens with one attached hydrogen (secondary N) is 2. The molecule has 3 aromatic rings. The van der Waals surface area contributed by atoms with Crippen molar-refractivity contribution >= 4 is 23.2 Å². The summed E-state index contributed by atoms with van der Waals surface area (Å²) in [5.74, 6) is -0.637. The van der Waals surface area contributed by atoms with Gasteiger partial charge in [0.1, 0.15) is 5.69 Å². The molecule has 0 aliphatic rings. The molecule has 5 heteroatoms. The van der Waals surface area contributed by atoms with Crippen LogP contribution < -0.4 is 10.6 Å². The average Bonchev–Trinajstić information content (AvgIpc) is 2.67. The fraction of sp³-hybridized carbons (Fsp3) is 0.136. The molecule has 2 aromatic carbocycles. The third-order valence-electron chi connectivity index (χ3n) is 4.50. The molecule has 0 aliphatic heterocycles. The van der Waals surface area contributed by atoms with E-state index in [4.69, 9.17) is 0 Å². The Morgan fingerprint density at radius 1 is 0.778 bits per heavy atom. The minimum atomic E-state index is -0.356. The lowest BCUT2D eigenvalue weighted by atomic mass is 10.1. The van der Waals surface area contributed by atoms with Crippen molar-refractivity contribution in [1.82, 2.24) is 4.98 Å². The summed E-state index contributed by atoms with van der Waals surface area (Å²) in [7, 11) is 0. The SMILES string of the molecule is Cc1ccccc1NC(=O)c1cc(C(=O)Nc2cccc(C)c2C)ccn1. The molecule has 0 saturated carbocycles. The second-order valence-corrected chi connectivity index (χ2v) is 6.40. The number of hydrogen-bond acceptors (Lipinski definition) is 3. The predicted molar refractivity (Wildman–Crippen MR) is 107 cm³/mol. The van der Waals surface area contributed by atoms with Gasteiger partial charge in [-0.05, 0) is 61.7 Å². The quantitative estimate of drug-likeness (QED) is 0.720. The molecule has 1 heterocycles. The standard InChI is InChI=1S/C22H21N3O2/c1-14-8-6-10-19(16(14)3)25-21(26)17-11-12-23-20(13-17)22(27)24-18-9-5-4-7-15(18)2/h4-13H,1-3H3,(H,24,27)(H,25,26). The van der Waals surface area contributed by atoms with Gasteiger partial charge < -0.3 is 10.6 Å². The van der Waals surface area contributed by atoms with Gasteiger partial charge in [0.05, 0.1) is 0 Å². The number of nitrogens with zero attached hydrogens (tertiary/aromatic N) is 1. The Kier molecular flexibility index (Phi) is 5.31. The molecule has 0 unspecified atom stereocenters. The van der Waals surface area contributed by atoms with Gasteiger partial charge in [0.15, 0.2) is 0 Å². The first-order valence-corrected chi connectivity index (χ1v) is 8.66. The normalized spacial score (nSPS) is 10.3. The van der Waals surface area contributed by atoms with Gasteiger partial charge in [0.2, 0.25) is 0 Å². The van der Waals surface area contributed by atoms with Crippen LogP contribution in [0.2, 0.25) is 0 Å².